The summed E-state index contributed by atoms with van der Waals surface area (Å²) in [5.74, 6) is 1.65. The van der Waals surface area contributed by atoms with E-state index in [2.05, 4.69) is 46.8 Å². The summed E-state index contributed by atoms with van der Waals surface area (Å²) in [4.78, 5) is 13.0. The van der Waals surface area contributed by atoms with E-state index >= 15 is 0 Å². The Morgan fingerprint density at radius 1 is 1.16 bits per heavy atom. The molecule has 1 aromatic rings. The SMILES string of the molecule is CCC1(OC(=O)C(C)C(C)c2ccccc2)CC(C)CCC1C(C)C. The first kappa shape index (κ1) is 20.0. The molecule has 2 nitrogen and oxygen atoms in total. The second-order valence-electron chi connectivity index (χ2n) is 8.56. The summed E-state index contributed by atoms with van der Waals surface area (Å²) >= 11 is 0. The first-order valence-corrected chi connectivity index (χ1v) is 10.1. The van der Waals surface area contributed by atoms with Crippen LogP contribution in [-0.4, -0.2) is 11.6 Å². The van der Waals surface area contributed by atoms with Crippen LogP contribution in [0.2, 0.25) is 0 Å². The lowest BCUT2D eigenvalue weighted by Gasteiger charge is -2.47. The Hall–Kier alpha value is -1.31. The van der Waals surface area contributed by atoms with Crippen LogP contribution in [0.1, 0.15) is 78.7 Å². The third-order valence-electron chi connectivity index (χ3n) is 6.49. The number of ether oxygens (including phenoxy) is 1. The van der Waals surface area contributed by atoms with E-state index in [9.17, 15) is 4.79 Å². The van der Waals surface area contributed by atoms with Crippen LogP contribution < -0.4 is 0 Å². The summed E-state index contributed by atoms with van der Waals surface area (Å²) < 4.78 is 6.34. The Morgan fingerprint density at radius 2 is 1.80 bits per heavy atom. The van der Waals surface area contributed by atoms with Crippen LogP contribution in [0, 0.1) is 23.7 Å². The van der Waals surface area contributed by atoms with Gasteiger partial charge in [0.25, 0.3) is 0 Å². The molecular weight excluding hydrogens is 308 g/mol. The van der Waals surface area contributed by atoms with Gasteiger partial charge in [-0.15, -0.1) is 0 Å². The van der Waals surface area contributed by atoms with Crippen molar-refractivity contribution in [2.24, 2.45) is 23.7 Å². The van der Waals surface area contributed by atoms with E-state index in [1.54, 1.807) is 0 Å². The van der Waals surface area contributed by atoms with Gasteiger partial charge in [-0.3, -0.25) is 4.79 Å². The molecule has 0 aliphatic heterocycles. The van der Waals surface area contributed by atoms with Crippen molar-refractivity contribution in [3.63, 3.8) is 0 Å². The van der Waals surface area contributed by atoms with E-state index in [0.717, 1.165) is 12.8 Å². The predicted molar refractivity (Wildman–Crippen MR) is 104 cm³/mol. The first-order chi connectivity index (χ1) is 11.8. The molecule has 0 amide bonds. The summed E-state index contributed by atoms with van der Waals surface area (Å²) in [5, 5.41) is 0. The largest absolute Gasteiger partial charge is 0.459 e. The highest BCUT2D eigenvalue weighted by atomic mass is 16.6. The van der Waals surface area contributed by atoms with Crippen molar-refractivity contribution in [3.05, 3.63) is 35.9 Å². The number of carbonyl (C=O) groups excluding carboxylic acids is 1. The number of hydrogen-bond acceptors (Lipinski definition) is 2. The molecular formula is C23H36O2. The van der Waals surface area contributed by atoms with Crippen LogP contribution in [0.5, 0.6) is 0 Å². The zero-order valence-electron chi connectivity index (χ0n) is 16.9. The molecule has 2 heteroatoms. The van der Waals surface area contributed by atoms with Crippen LogP contribution in [0.3, 0.4) is 0 Å². The van der Waals surface area contributed by atoms with Crippen molar-refractivity contribution >= 4 is 5.97 Å². The fourth-order valence-electron chi connectivity index (χ4n) is 4.65. The Bertz CT molecular complexity index is 550. The van der Waals surface area contributed by atoms with Crippen molar-refractivity contribution in [2.45, 2.75) is 78.7 Å². The van der Waals surface area contributed by atoms with E-state index in [-0.39, 0.29) is 23.4 Å². The Kier molecular flexibility index (Phi) is 6.71. The molecule has 0 N–H and O–H groups in total. The van der Waals surface area contributed by atoms with Gasteiger partial charge in [0.05, 0.1) is 5.92 Å². The van der Waals surface area contributed by atoms with Gasteiger partial charge in [-0.2, -0.15) is 0 Å². The summed E-state index contributed by atoms with van der Waals surface area (Å²) in [7, 11) is 0. The standard InChI is InChI=1S/C23H36O2/c1-7-23(15-17(4)13-14-21(23)16(2)3)25-22(24)19(6)18(5)20-11-9-8-10-12-20/h8-12,16-19,21H,7,13-15H2,1-6H3. The highest BCUT2D eigenvalue weighted by Gasteiger charge is 2.46. The van der Waals surface area contributed by atoms with Crippen molar-refractivity contribution in [2.75, 3.05) is 0 Å². The quantitative estimate of drug-likeness (QED) is 0.573. The third kappa shape index (κ3) is 4.46. The van der Waals surface area contributed by atoms with Gasteiger partial charge in [0.15, 0.2) is 0 Å². The van der Waals surface area contributed by atoms with Gasteiger partial charge >= 0.3 is 5.97 Å². The van der Waals surface area contributed by atoms with E-state index in [1.165, 1.54) is 18.4 Å². The number of rotatable bonds is 6. The molecule has 2 rings (SSSR count). The summed E-state index contributed by atoms with van der Waals surface area (Å²) in [6.45, 7) is 13.2. The summed E-state index contributed by atoms with van der Waals surface area (Å²) in [5.41, 5.74) is 0.919. The number of esters is 1. The first-order valence-electron chi connectivity index (χ1n) is 10.1. The van der Waals surface area contributed by atoms with E-state index in [0.29, 0.717) is 17.8 Å². The Balaban J connectivity index is 2.17. The molecule has 1 saturated carbocycles. The topological polar surface area (TPSA) is 26.3 Å². The minimum Gasteiger partial charge on any atom is -0.459 e. The average molecular weight is 345 g/mol. The molecule has 0 spiro atoms. The Labute approximate surface area is 154 Å². The van der Waals surface area contributed by atoms with E-state index in [4.69, 9.17) is 4.74 Å². The minimum absolute atomic E-state index is 0.0297. The van der Waals surface area contributed by atoms with Gasteiger partial charge in [0, 0.05) is 5.92 Å². The van der Waals surface area contributed by atoms with Crippen LogP contribution in [0.15, 0.2) is 30.3 Å². The normalized spacial score (nSPS) is 29.2. The van der Waals surface area contributed by atoms with Gasteiger partial charge in [0.2, 0.25) is 0 Å². The maximum Gasteiger partial charge on any atom is 0.309 e. The predicted octanol–water partition coefficient (Wildman–Crippen LogP) is 6.21. The van der Waals surface area contributed by atoms with E-state index in [1.807, 2.05) is 25.1 Å². The van der Waals surface area contributed by atoms with Gasteiger partial charge in [-0.25, -0.2) is 0 Å². The van der Waals surface area contributed by atoms with Crippen LogP contribution in [0.4, 0.5) is 0 Å². The highest BCUT2D eigenvalue weighted by molar-refractivity contribution is 5.73. The van der Waals surface area contributed by atoms with Crippen LogP contribution >= 0.6 is 0 Å². The van der Waals surface area contributed by atoms with Gasteiger partial charge < -0.3 is 4.74 Å². The molecule has 0 saturated heterocycles. The molecule has 1 aliphatic rings. The average Bonchev–Trinajstić information content (AvgIpc) is 2.60. The maximum absolute atomic E-state index is 13.0. The second kappa shape index (κ2) is 8.38. The highest BCUT2D eigenvalue weighted by Crippen LogP contribution is 2.46. The molecule has 0 aromatic heterocycles. The smallest absolute Gasteiger partial charge is 0.309 e. The van der Waals surface area contributed by atoms with Gasteiger partial charge in [-0.1, -0.05) is 78.3 Å². The summed E-state index contributed by atoms with van der Waals surface area (Å²) in [6, 6.07) is 10.3. The lowest BCUT2D eigenvalue weighted by atomic mass is 9.65. The molecule has 0 heterocycles. The number of benzene rings is 1. The summed E-state index contributed by atoms with van der Waals surface area (Å²) in [6.07, 6.45) is 4.34. The Morgan fingerprint density at radius 3 is 2.36 bits per heavy atom. The molecule has 5 atom stereocenters. The second-order valence-corrected chi connectivity index (χ2v) is 8.56. The van der Waals surface area contributed by atoms with Crippen molar-refractivity contribution in [1.29, 1.82) is 0 Å². The zero-order valence-corrected chi connectivity index (χ0v) is 16.9. The minimum atomic E-state index is -0.284. The molecule has 0 radical (unpaired) electrons. The molecule has 5 unspecified atom stereocenters. The molecule has 1 aromatic carbocycles. The van der Waals surface area contributed by atoms with Gasteiger partial charge in [-0.05, 0) is 42.6 Å². The molecule has 25 heavy (non-hydrogen) atoms. The van der Waals surface area contributed by atoms with Crippen molar-refractivity contribution in [3.8, 4) is 0 Å². The molecule has 0 bridgehead atoms. The van der Waals surface area contributed by atoms with Gasteiger partial charge in [0.1, 0.15) is 5.60 Å². The lowest BCUT2D eigenvalue weighted by Crippen LogP contribution is -2.49. The fraction of sp³-hybridized carbons (Fsp3) is 0.696. The third-order valence-corrected chi connectivity index (χ3v) is 6.49. The zero-order chi connectivity index (χ0) is 18.6. The van der Waals surface area contributed by atoms with Crippen LogP contribution in [0.25, 0.3) is 0 Å². The van der Waals surface area contributed by atoms with Crippen molar-refractivity contribution < 1.29 is 9.53 Å². The molecule has 1 aliphatic carbocycles. The number of carbonyl (C=O) groups is 1. The molecule has 140 valence electrons. The number of hydrogen-bond donors (Lipinski definition) is 0. The maximum atomic E-state index is 13.0. The fourth-order valence-corrected chi connectivity index (χ4v) is 4.65. The van der Waals surface area contributed by atoms with E-state index < -0.39 is 0 Å². The van der Waals surface area contributed by atoms with Crippen molar-refractivity contribution in [1.82, 2.24) is 0 Å². The lowest BCUT2D eigenvalue weighted by molar-refractivity contribution is -0.182. The van der Waals surface area contributed by atoms with Crippen LogP contribution in [-0.2, 0) is 9.53 Å². The molecule has 1 fully saturated rings. The monoisotopic (exact) mass is 344 g/mol.